The lowest BCUT2D eigenvalue weighted by atomic mass is 9.96. The summed E-state index contributed by atoms with van der Waals surface area (Å²) in [5.74, 6) is -0.297. The number of allylic oxidation sites excluding steroid dienone is 1. The minimum absolute atomic E-state index is 0.0409. The Balaban J connectivity index is 1.90. The van der Waals surface area contributed by atoms with Gasteiger partial charge in [0.15, 0.2) is 5.78 Å². The Morgan fingerprint density at radius 1 is 1.14 bits per heavy atom. The smallest absolute Gasteiger partial charge is 0.305 e. The van der Waals surface area contributed by atoms with Crippen LogP contribution in [-0.4, -0.2) is 29.6 Å². The molecule has 126 valence electrons. The summed E-state index contributed by atoms with van der Waals surface area (Å²) in [4.78, 5) is 22.9. The summed E-state index contributed by atoms with van der Waals surface area (Å²) in [5, 5.41) is 9.60. The SMILES string of the molecule is CCCCCCOC(=O)CCCCCCC1C(=O)C=CC1O. The summed E-state index contributed by atoms with van der Waals surface area (Å²) in [7, 11) is 0. The normalized spacial score (nSPS) is 20.5. The first-order valence-corrected chi connectivity index (χ1v) is 8.71. The lowest BCUT2D eigenvalue weighted by Gasteiger charge is -2.12. The molecule has 0 heterocycles. The molecule has 4 nitrogen and oxygen atoms in total. The van der Waals surface area contributed by atoms with E-state index in [1.54, 1.807) is 6.08 Å². The number of hydrogen-bond acceptors (Lipinski definition) is 4. The number of carbonyl (C=O) groups excluding carboxylic acids is 2. The number of aliphatic hydroxyl groups is 1. The molecule has 0 aromatic heterocycles. The van der Waals surface area contributed by atoms with E-state index in [2.05, 4.69) is 6.92 Å². The van der Waals surface area contributed by atoms with Gasteiger partial charge in [-0.05, 0) is 25.3 Å². The highest BCUT2D eigenvalue weighted by Crippen LogP contribution is 2.22. The molecule has 0 aromatic rings. The van der Waals surface area contributed by atoms with Crippen LogP contribution < -0.4 is 0 Å². The molecule has 0 bridgehead atoms. The van der Waals surface area contributed by atoms with Crippen LogP contribution in [-0.2, 0) is 14.3 Å². The van der Waals surface area contributed by atoms with E-state index in [-0.39, 0.29) is 17.7 Å². The second kappa shape index (κ2) is 11.4. The number of carbonyl (C=O) groups is 2. The number of ether oxygens (including phenoxy) is 1. The number of esters is 1. The van der Waals surface area contributed by atoms with E-state index in [1.807, 2.05) is 0 Å². The third kappa shape index (κ3) is 7.74. The summed E-state index contributed by atoms with van der Waals surface area (Å²) >= 11 is 0. The van der Waals surface area contributed by atoms with Crippen LogP contribution in [0, 0.1) is 5.92 Å². The van der Waals surface area contributed by atoms with Crippen LogP contribution in [0.15, 0.2) is 12.2 Å². The number of aliphatic hydroxyl groups excluding tert-OH is 1. The van der Waals surface area contributed by atoms with Gasteiger partial charge in [-0.1, -0.05) is 51.5 Å². The maximum Gasteiger partial charge on any atom is 0.305 e. The third-order valence-electron chi connectivity index (χ3n) is 4.14. The third-order valence-corrected chi connectivity index (χ3v) is 4.14. The predicted molar refractivity (Wildman–Crippen MR) is 86.4 cm³/mol. The zero-order valence-electron chi connectivity index (χ0n) is 13.8. The van der Waals surface area contributed by atoms with Crippen LogP contribution in [0.3, 0.4) is 0 Å². The molecule has 0 spiro atoms. The van der Waals surface area contributed by atoms with Crippen LogP contribution in [0.1, 0.15) is 71.1 Å². The van der Waals surface area contributed by atoms with Crippen molar-refractivity contribution in [2.75, 3.05) is 6.61 Å². The van der Waals surface area contributed by atoms with Gasteiger partial charge in [-0.2, -0.15) is 0 Å². The molecule has 0 radical (unpaired) electrons. The molecule has 1 N–H and O–H groups in total. The molecule has 2 atom stereocenters. The van der Waals surface area contributed by atoms with Crippen LogP contribution >= 0.6 is 0 Å². The molecular formula is C18H30O4. The minimum Gasteiger partial charge on any atom is -0.466 e. The van der Waals surface area contributed by atoms with Crippen LogP contribution in [0.4, 0.5) is 0 Å². The van der Waals surface area contributed by atoms with Gasteiger partial charge in [0.05, 0.1) is 18.6 Å². The summed E-state index contributed by atoms with van der Waals surface area (Å²) in [6.45, 7) is 2.71. The molecule has 1 rings (SSSR count). The summed E-state index contributed by atoms with van der Waals surface area (Å²) in [5.41, 5.74) is 0. The first-order chi connectivity index (χ1) is 10.6. The Labute approximate surface area is 133 Å². The first kappa shape index (κ1) is 18.9. The molecule has 0 amide bonds. The second-order valence-corrected chi connectivity index (χ2v) is 6.09. The first-order valence-electron chi connectivity index (χ1n) is 8.71. The van der Waals surface area contributed by atoms with Crippen molar-refractivity contribution >= 4 is 11.8 Å². The maximum atomic E-state index is 11.5. The van der Waals surface area contributed by atoms with Crippen molar-refractivity contribution in [1.29, 1.82) is 0 Å². The minimum atomic E-state index is -0.602. The van der Waals surface area contributed by atoms with E-state index >= 15 is 0 Å². The van der Waals surface area contributed by atoms with Gasteiger partial charge in [-0.15, -0.1) is 0 Å². The second-order valence-electron chi connectivity index (χ2n) is 6.09. The Kier molecular flexibility index (Phi) is 9.80. The molecule has 0 saturated carbocycles. The Hall–Kier alpha value is -1.16. The average molecular weight is 310 g/mol. The van der Waals surface area contributed by atoms with E-state index in [0.29, 0.717) is 13.0 Å². The van der Waals surface area contributed by atoms with Gasteiger partial charge >= 0.3 is 5.97 Å². The van der Waals surface area contributed by atoms with Crippen molar-refractivity contribution in [3.63, 3.8) is 0 Å². The van der Waals surface area contributed by atoms with Crippen LogP contribution in [0.2, 0.25) is 0 Å². The summed E-state index contributed by atoms with van der Waals surface area (Å²) in [6.07, 6.45) is 11.9. The van der Waals surface area contributed by atoms with Crippen molar-refractivity contribution in [1.82, 2.24) is 0 Å². The highest BCUT2D eigenvalue weighted by molar-refractivity contribution is 5.94. The van der Waals surface area contributed by atoms with Crippen molar-refractivity contribution in [3.8, 4) is 0 Å². The van der Waals surface area contributed by atoms with Crippen LogP contribution in [0.5, 0.6) is 0 Å². The topological polar surface area (TPSA) is 63.6 Å². The quantitative estimate of drug-likeness (QED) is 0.442. The molecule has 2 unspecified atom stereocenters. The van der Waals surface area contributed by atoms with Gasteiger partial charge < -0.3 is 9.84 Å². The molecule has 0 aliphatic heterocycles. The average Bonchev–Trinajstić information content (AvgIpc) is 2.82. The van der Waals surface area contributed by atoms with Gasteiger partial charge in [-0.3, -0.25) is 9.59 Å². The van der Waals surface area contributed by atoms with Crippen molar-refractivity contribution in [2.24, 2.45) is 5.92 Å². The fourth-order valence-electron chi connectivity index (χ4n) is 2.71. The fraction of sp³-hybridized carbons (Fsp3) is 0.778. The predicted octanol–water partition coefficient (Wildman–Crippen LogP) is 3.57. The Morgan fingerprint density at radius 2 is 1.86 bits per heavy atom. The van der Waals surface area contributed by atoms with Gasteiger partial charge in [-0.25, -0.2) is 0 Å². The zero-order chi connectivity index (χ0) is 16.2. The molecule has 1 aliphatic rings. The summed E-state index contributed by atoms with van der Waals surface area (Å²) < 4.78 is 5.18. The summed E-state index contributed by atoms with van der Waals surface area (Å²) in [6, 6.07) is 0. The largest absolute Gasteiger partial charge is 0.466 e. The Bertz CT molecular complexity index is 362. The van der Waals surface area contributed by atoms with Gasteiger partial charge in [0, 0.05) is 6.42 Å². The molecule has 0 aromatic carbocycles. The zero-order valence-corrected chi connectivity index (χ0v) is 13.8. The number of ketones is 1. The maximum absolute atomic E-state index is 11.5. The molecule has 22 heavy (non-hydrogen) atoms. The van der Waals surface area contributed by atoms with E-state index in [0.717, 1.165) is 44.9 Å². The molecule has 1 aliphatic carbocycles. The number of unbranched alkanes of at least 4 members (excludes halogenated alkanes) is 6. The van der Waals surface area contributed by atoms with Crippen LogP contribution in [0.25, 0.3) is 0 Å². The van der Waals surface area contributed by atoms with Gasteiger partial charge in [0.2, 0.25) is 0 Å². The highest BCUT2D eigenvalue weighted by Gasteiger charge is 2.27. The molecule has 4 heteroatoms. The van der Waals surface area contributed by atoms with Gasteiger partial charge in [0.1, 0.15) is 0 Å². The monoisotopic (exact) mass is 310 g/mol. The lowest BCUT2D eigenvalue weighted by molar-refractivity contribution is -0.143. The van der Waals surface area contributed by atoms with Crippen molar-refractivity contribution < 1.29 is 19.4 Å². The van der Waals surface area contributed by atoms with Crippen molar-refractivity contribution in [3.05, 3.63) is 12.2 Å². The van der Waals surface area contributed by atoms with E-state index in [9.17, 15) is 14.7 Å². The number of hydrogen-bond donors (Lipinski definition) is 1. The molecule has 0 fully saturated rings. The van der Waals surface area contributed by atoms with E-state index in [4.69, 9.17) is 4.74 Å². The fourth-order valence-corrected chi connectivity index (χ4v) is 2.71. The van der Waals surface area contributed by atoms with Gasteiger partial charge in [0.25, 0.3) is 0 Å². The number of rotatable bonds is 12. The van der Waals surface area contributed by atoms with E-state index in [1.165, 1.54) is 18.9 Å². The Morgan fingerprint density at radius 3 is 2.55 bits per heavy atom. The molecule has 0 saturated heterocycles. The standard InChI is InChI=1S/C18H30O4/c1-2-3-4-9-14-22-18(21)11-8-6-5-7-10-15-16(19)12-13-17(15)20/h12-13,15-16,19H,2-11,14H2,1H3. The highest BCUT2D eigenvalue weighted by atomic mass is 16.5. The molecular weight excluding hydrogens is 280 g/mol. The van der Waals surface area contributed by atoms with Crippen molar-refractivity contribution in [2.45, 2.75) is 77.2 Å². The van der Waals surface area contributed by atoms with E-state index < -0.39 is 6.10 Å². The lowest BCUT2D eigenvalue weighted by Crippen LogP contribution is -2.19.